The molecule has 0 fully saturated rings. The lowest BCUT2D eigenvalue weighted by atomic mass is 10.1. The first-order chi connectivity index (χ1) is 11.4. The van der Waals surface area contributed by atoms with Gasteiger partial charge in [0.2, 0.25) is 0 Å². The Hall–Kier alpha value is -2.61. The Balaban J connectivity index is 1.75. The maximum absolute atomic E-state index is 11.6. The normalized spacial score (nSPS) is 16.7. The number of phenols is 1. The van der Waals surface area contributed by atoms with E-state index in [0.717, 1.165) is 22.6 Å². The molecule has 0 radical (unpaired) electrons. The highest BCUT2D eigenvalue weighted by molar-refractivity contribution is 7.83. The molecule has 0 bridgehead atoms. The Morgan fingerprint density at radius 2 is 1.88 bits per heavy atom. The van der Waals surface area contributed by atoms with Gasteiger partial charge >= 0.3 is 0 Å². The van der Waals surface area contributed by atoms with Gasteiger partial charge in [-0.25, -0.2) is 4.21 Å². The van der Waals surface area contributed by atoms with Crippen molar-refractivity contribution in [1.29, 1.82) is 0 Å². The van der Waals surface area contributed by atoms with Gasteiger partial charge in [-0.05, 0) is 50.1 Å². The van der Waals surface area contributed by atoms with E-state index in [2.05, 4.69) is 19.4 Å². The fraction of sp³-hybridized carbons (Fsp3) is 0.250. The van der Waals surface area contributed by atoms with E-state index >= 15 is 0 Å². The number of phenolic OH excluding ortho intramolecular Hbond substituents is 1. The van der Waals surface area contributed by atoms with Crippen LogP contribution in [0.5, 0.6) is 5.75 Å². The number of nitrogens with zero attached hydrogens (tertiary/aromatic N) is 2. The molecule has 0 aliphatic carbocycles. The van der Waals surface area contributed by atoms with Gasteiger partial charge < -0.3 is 20.2 Å². The van der Waals surface area contributed by atoms with Crippen molar-refractivity contribution in [3.05, 3.63) is 46.9 Å². The molecule has 1 unspecified atom stereocenters. The maximum Gasteiger partial charge on any atom is 0.269 e. The first-order valence-corrected chi connectivity index (χ1v) is 8.45. The highest BCUT2D eigenvalue weighted by Crippen LogP contribution is 2.29. The molecule has 24 heavy (non-hydrogen) atoms. The van der Waals surface area contributed by atoms with Gasteiger partial charge in [-0.2, -0.15) is 0 Å². The van der Waals surface area contributed by atoms with Crippen molar-refractivity contribution >= 4 is 28.5 Å². The predicted octanol–water partition coefficient (Wildman–Crippen LogP) is 2.50. The molecule has 0 saturated carbocycles. The van der Waals surface area contributed by atoms with Crippen LogP contribution in [0, 0.1) is 20.8 Å². The van der Waals surface area contributed by atoms with E-state index < -0.39 is 11.2 Å². The van der Waals surface area contributed by atoms with Crippen molar-refractivity contribution < 1.29 is 13.7 Å². The predicted molar refractivity (Wildman–Crippen MR) is 94.5 cm³/mol. The van der Waals surface area contributed by atoms with E-state index in [1.165, 1.54) is 0 Å². The van der Waals surface area contributed by atoms with Gasteiger partial charge in [0.25, 0.3) is 11.2 Å². The molecule has 1 aromatic heterocycles. The zero-order valence-corrected chi connectivity index (χ0v) is 14.4. The topological polar surface area (TPSA) is 99.2 Å². The van der Waals surface area contributed by atoms with Gasteiger partial charge in [0.05, 0.1) is 12.2 Å². The number of benzene rings is 1. The molecule has 126 valence electrons. The van der Waals surface area contributed by atoms with Crippen LogP contribution in [-0.4, -0.2) is 21.0 Å². The fourth-order valence-electron chi connectivity index (χ4n) is 2.24. The van der Waals surface area contributed by atoms with Crippen molar-refractivity contribution in [3.63, 3.8) is 0 Å². The van der Waals surface area contributed by atoms with Gasteiger partial charge in [-0.3, -0.25) is 0 Å². The van der Waals surface area contributed by atoms with Crippen LogP contribution >= 0.6 is 0 Å². The summed E-state index contributed by atoms with van der Waals surface area (Å²) in [4.78, 5) is 0. The number of anilines is 1. The van der Waals surface area contributed by atoms with E-state index in [-0.39, 0.29) is 5.75 Å². The summed E-state index contributed by atoms with van der Waals surface area (Å²) in [6.45, 7) is 6.00. The first kappa shape index (κ1) is 16.3. The van der Waals surface area contributed by atoms with Crippen LogP contribution in [-0.2, 0) is 17.7 Å². The summed E-state index contributed by atoms with van der Waals surface area (Å²) in [5.74, 6) is 2.36. The van der Waals surface area contributed by atoms with Gasteiger partial charge in [0, 0.05) is 0 Å². The lowest BCUT2D eigenvalue weighted by molar-refractivity contribution is 0.473. The Labute approximate surface area is 142 Å². The number of aryl methyl sites for hydroxylation is 2. The lowest BCUT2D eigenvalue weighted by Crippen LogP contribution is -2.33. The van der Waals surface area contributed by atoms with Crippen molar-refractivity contribution in [2.75, 3.05) is 5.32 Å². The minimum Gasteiger partial charge on any atom is -0.505 e. The SMILES string of the molecule is Cc1ccc(CNC2=NS(=O)N=C2Nc2ccc(C)c(C)c2O)o1. The molecule has 1 aromatic carbocycles. The number of hydrogen-bond acceptors (Lipinski definition) is 5. The molecule has 2 heterocycles. The van der Waals surface area contributed by atoms with Crippen molar-refractivity contribution in [2.45, 2.75) is 27.3 Å². The second kappa shape index (κ2) is 6.48. The minimum atomic E-state index is -1.69. The fourth-order valence-corrected chi connectivity index (χ4v) is 2.88. The quantitative estimate of drug-likeness (QED) is 0.742. The number of furan rings is 1. The zero-order valence-electron chi connectivity index (χ0n) is 13.6. The Morgan fingerprint density at radius 3 is 2.58 bits per heavy atom. The first-order valence-electron chi connectivity index (χ1n) is 7.39. The van der Waals surface area contributed by atoms with E-state index in [0.29, 0.717) is 23.9 Å². The van der Waals surface area contributed by atoms with E-state index in [1.54, 1.807) is 6.07 Å². The Kier molecular flexibility index (Phi) is 4.39. The Morgan fingerprint density at radius 1 is 1.12 bits per heavy atom. The number of nitrogens with one attached hydrogen (secondary N) is 2. The molecule has 0 spiro atoms. The smallest absolute Gasteiger partial charge is 0.269 e. The average molecular weight is 346 g/mol. The summed E-state index contributed by atoms with van der Waals surface area (Å²) < 4.78 is 25.0. The number of amidine groups is 2. The van der Waals surface area contributed by atoms with Crippen molar-refractivity contribution in [3.8, 4) is 5.75 Å². The summed E-state index contributed by atoms with van der Waals surface area (Å²) in [6, 6.07) is 7.36. The van der Waals surface area contributed by atoms with Crippen LogP contribution in [0.3, 0.4) is 0 Å². The summed E-state index contributed by atoms with van der Waals surface area (Å²) in [5, 5.41) is 16.3. The van der Waals surface area contributed by atoms with Crippen LogP contribution in [0.1, 0.15) is 22.6 Å². The van der Waals surface area contributed by atoms with Crippen molar-refractivity contribution in [2.24, 2.45) is 8.80 Å². The largest absolute Gasteiger partial charge is 0.505 e. The monoisotopic (exact) mass is 346 g/mol. The molecule has 2 aromatic rings. The number of hydrogen-bond donors (Lipinski definition) is 3. The molecule has 1 aliphatic rings. The molecule has 3 N–H and O–H groups in total. The number of rotatable bonds is 3. The maximum atomic E-state index is 11.6. The lowest BCUT2D eigenvalue weighted by Gasteiger charge is -2.13. The molecule has 1 aliphatic heterocycles. The van der Waals surface area contributed by atoms with E-state index in [1.807, 2.05) is 39.0 Å². The van der Waals surface area contributed by atoms with Crippen LogP contribution < -0.4 is 10.6 Å². The van der Waals surface area contributed by atoms with Crippen LogP contribution in [0.4, 0.5) is 5.69 Å². The third-order valence-electron chi connectivity index (χ3n) is 3.74. The zero-order chi connectivity index (χ0) is 17.3. The molecule has 3 rings (SSSR count). The highest BCUT2D eigenvalue weighted by atomic mass is 32.2. The van der Waals surface area contributed by atoms with Gasteiger partial charge in [-0.15, -0.1) is 8.80 Å². The minimum absolute atomic E-state index is 0.136. The second-order valence-electron chi connectivity index (χ2n) is 5.51. The summed E-state index contributed by atoms with van der Waals surface area (Å²) in [5.41, 5.74) is 2.24. The van der Waals surface area contributed by atoms with Gasteiger partial charge in [0.15, 0.2) is 11.7 Å². The third kappa shape index (κ3) is 3.33. The molecular weight excluding hydrogens is 328 g/mol. The summed E-state index contributed by atoms with van der Waals surface area (Å²) in [6.07, 6.45) is 0. The summed E-state index contributed by atoms with van der Waals surface area (Å²) >= 11 is -1.69. The molecule has 0 amide bonds. The molecule has 0 saturated heterocycles. The van der Waals surface area contributed by atoms with E-state index in [9.17, 15) is 9.32 Å². The van der Waals surface area contributed by atoms with E-state index in [4.69, 9.17) is 4.42 Å². The summed E-state index contributed by atoms with van der Waals surface area (Å²) in [7, 11) is 0. The van der Waals surface area contributed by atoms with Crippen molar-refractivity contribution in [1.82, 2.24) is 5.32 Å². The molecule has 8 heteroatoms. The molecule has 1 atom stereocenters. The van der Waals surface area contributed by atoms with Crippen LogP contribution in [0.15, 0.2) is 37.5 Å². The third-order valence-corrected chi connectivity index (χ3v) is 4.42. The number of aromatic hydroxyl groups is 1. The van der Waals surface area contributed by atoms with Crippen LogP contribution in [0.25, 0.3) is 0 Å². The van der Waals surface area contributed by atoms with Gasteiger partial charge in [0.1, 0.15) is 17.3 Å². The van der Waals surface area contributed by atoms with Gasteiger partial charge in [-0.1, -0.05) is 6.07 Å². The Bertz CT molecular complexity index is 870. The molecule has 7 nitrogen and oxygen atoms in total. The second-order valence-corrected chi connectivity index (χ2v) is 6.33. The van der Waals surface area contributed by atoms with Crippen LogP contribution in [0.2, 0.25) is 0 Å². The average Bonchev–Trinajstić information content (AvgIpc) is 3.11. The standard InChI is InChI=1S/C16H18N4O3S/c1-9-4-7-13(14(21)11(9)3)18-16-15(19-24(22)20-16)17-8-12-6-5-10(2)23-12/h4-7,21H,8H2,1-3H3,(H,17,19)(H,18,20). The highest BCUT2D eigenvalue weighted by Gasteiger charge is 2.21. The molecular formula is C16H18N4O3S.